The first-order valence-electron chi connectivity index (χ1n) is 7.97. The van der Waals surface area contributed by atoms with Crippen LogP contribution in [0.15, 0.2) is 0 Å². The van der Waals surface area contributed by atoms with Gasteiger partial charge in [-0.1, -0.05) is 6.42 Å². The maximum absolute atomic E-state index is 12.9. The Morgan fingerprint density at radius 1 is 1.22 bits per heavy atom. The minimum atomic E-state index is -5.35. The molecular weight excluding hydrogens is 332 g/mol. The van der Waals surface area contributed by atoms with Crippen molar-refractivity contribution in [3.63, 3.8) is 0 Å². The van der Waals surface area contributed by atoms with Crippen molar-refractivity contribution in [2.24, 2.45) is 11.8 Å². The van der Waals surface area contributed by atoms with E-state index in [1.807, 2.05) is 0 Å². The van der Waals surface area contributed by atoms with Crippen molar-refractivity contribution >= 4 is 16.2 Å². The van der Waals surface area contributed by atoms with E-state index in [4.69, 9.17) is 9.29 Å². The number of unbranched alkanes of at least 4 members (excludes halogenated alkanes) is 2. The standard InChI is InChI=1S/C14H23F2NO5S/c15-14(16,23(19,20)21)6-2-1-3-7-22-13(18)17-12-9-10-4-5-11(12)8-10/h10-12H,1-9H2,(H,17,18)(H,19,20,21). The number of nitrogens with one attached hydrogen (secondary N) is 1. The lowest BCUT2D eigenvalue weighted by molar-refractivity contribution is 0.0674. The molecule has 2 N–H and O–H groups in total. The predicted molar refractivity (Wildman–Crippen MR) is 78.7 cm³/mol. The highest BCUT2D eigenvalue weighted by Crippen LogP contribution is 2.44. The summed E-state index contributed by atoms with van der Waals surface area (Å²) >= 11 is 0. The number of fused-ring (bicyclic) bond motifs is 2. The Balaban J connectivity index is 1.53. The van der Waals surface area contributed by atoms with Crippen LogP contribution < -0.4 is 5.32 Å². The molecule has 2 aliphatic rings. The number of amides is 1. The molecule has 2 fully saturated rings. The van der Waals surface area contributed by atoms with E-state index in [9.17, 15) is 22.0 Å². The molecule has 0 aliphatic heterocycles. The maximum atomic E-state index is 12.9. The minimum absolute atomic E-state index is 0.0792. The molecule has 0 heterocycles. The number of carbonyl (C=O) groups is 1. The highest BCUT2D eigenvalue weighted by Gasteiger charge is 2.43. The summed E-state index contributed by atoms with van der Waals surface area (Å²) in [5.41, 5.74) is 0. The molecule has 23 heavy (non-hydrogen) atoms. The third kappa shape index (κ3) is 5.00. The van der Waals surface area contributed by atoms with Crippen molar-refractivity contribution in [3.05, 3.63) is 0 Å². The average molecular weight is 355 g/mol. The largest absolute Gasteiger partial charge is 0.450 e. The van der Waals surface area contributed by atoms with Gasteiger partial charge in [0.2, 0.25) is 0 Å². The third-order valence-corrected chi connectivity index (χ3v) is 5.72. The second-order valence-electron chi connectivity index (χ2n) is 6.48. The van der Waals surface area contributed by atoms with Crippen molar-refractivity contribution in [1.29, 1.82) is 0 Å². The Morgan fingerprint density at radius 2 is 1.96 bits per heavy atom. The summed E-state index contributed by atoms with van der Waals surface area (Å²) in [6.45, 7) is 0.101. The Bertz CT molecular complexity index is 525. The van der Waals surface area contributed by atoms with Gasteiger partial charge in [-0.3, -0.25) is 4.55 Å². The second kappa shape index (κ2) is 7.29. The van der Waals surface area contributed by atoms with Crippen molar-refractivity contribution in [2.75, 3.05) is 6.61 Å². The summed E-state index contributed by atoms with van der Waals surface area (Å²) in [6, 6.07) is 0.190. The summed E-state index contributed by atoms with van der Waals surface area (Å²) in [6.07, 6.45) is 3.72. The van der Waals surface area contributed by atoms with Gasteiger partial charge in [0.05, 0.1) is 6.61 Å². The van der Waals surface area contributed by atoms with Crippen LogP contribution in [0.5, 0.6) is 0 Å². The normalized spacial score (nSPS) is 27.2. The molecule has 3 atom stereocenters. The molecule has 2 saturated carbocycles. The minimum Gasteiger partial charge on any atom is -0.450 e. The van der Waals surface area contributed by atoms with Crippen molar-refractivity contribution in [2.45, 2.75) is 62.7 Å². The van der Waals surface area contributed by atoms with Gasteiger partial charge in [0.25, 0.3) is 0 Å². The van der Waals surface area contributed by atoms with E-state index in [-0.39, 0.29) is 25.5 Å². The summed E-state index contributed by atoms with van der Waals surface area (Å²) < 4.78 is 60.0. The fraction of sp³-hybridized carbons (Fsp3) is 0.929. The molecule has 0 aromatic carbocycles. The number of alkyl halides is 2. The molecule has 0 spiro atoms. The van der Waals surface area contributed by atoms with Crippen LogP contribution in [0.1, 0.15) is 51.4 Å². The lowest BCUT2D eigenvalue weighted by Crippen LogP contribution is -2.38. The number of carbonyl (C=O) groups excluding carboxylic acids is 1. The van der Waals surface area contributed by atoms with Crippen LogP contribution in [-0.2, 0) is 14.9 Å². The van der Waals surface area contributed by atoms with Gasteiger partial charge in [-0.05, 0) is 50.4 Å². The van der Waals surface area contributed by atoms with E-state index >= 15 is 0 Å². The van der Waals surface area contributed by atoms with Crippen LogP contribution in [0.3, 0.4) is 0 Å². The van der Waals surface area contributed by atoms with E-state index in [1.165, 1.54) is 12.8 Å². The van der Waals surface area contributed by atoms with Crippen molar-refractivity contribution in [3.8, 4) is 0 Å². The Hall–Kier alpha value is -0.960. The van der Waals surface area contributed by atoms with Gasteiger partial charge < -0.3 is 10.1 Å². The van der Waals surface area contributed by atoms with E-state index < -0.39 is 27.9 Å². The molecule has 0 saturated heterocycles. The van der Waals surface area contributed by atoms with Crippen molar-refractivity contribution in [1.82, 2.24) is 5.32 Å². The SMILES string of the molecule is O=C(NC1CC2CCC1C2)OCCCCCC(F)(F)S(=O)(=O)O. The molecule has 6 nitrogen and oxygen atoms in total. The highest BCUT2D eigenvalue weighted by atomic mass is 32.2. The van der Waals surface area contributed by atoms with Gasteiger partial charge in [-0.25, -0.2) is 4.79 Å². The topological polar surface area (TPSA) is 92.7 Å². The summed E-state index contributed by atoms with van der Waals surface area (Å²) in [7, 11) is -5.35. The lowest BCUT2D eigenvalue weighted by Gasteiger charge is -2.22. The number of alkyl carbamates (subject to hydrolysis) is 1. The van der Waals surface area contributed by atoms with Crippen LogP contribution >= 0.6 is 0 Å². The second-order valence-corrected chi connectivity index (χ2v) is 8.03. The number of ether oxygens (including phenoxy) is 1. The number of hydrogen-bond donors (Lipinski definition) is 2. The molecule has 0 aromatic heterocycles. The van der Waals surface area contributed by atoms with Gasteiger partial charge in [-0.15, -0.1) is 0 Å². The fourth-order valence-electron chi connectivity index (χ4n) is 3.52. The van der Waals surface area contributed by atoms with Gasteiger partial charge >= 0.3 is 21.5 Å². The maximum Gasteiger partial charge on any atom is 0.407 e. The third-order valence-electron chi connectivity index (χ3n) is 4.76. The fourth-order valence-corrected chi connectivity index (χ4v) is 3.92. The molecule has 0 aromatic rings. The van der Waals surface area contributed by atoms with Crippen LogP contribution in [0.25, 0.3) is 0 Å². The Kier molecular flexibility index (Phi) is 5.83. The van der Waals surface area contributed by atoms with Gasteiger partial charge in [0, 0.05) is 12.5 Å². The van der Waals surface area contributed by atoms with Crippen molar-refractivity contribution < 1.29 is 31.3 Å². The summed E-state index contributed by atoms with van der Waals surface area (Å²) in [5, 5.41) is -1.27. The molecule has 1 amide bonds. The number of rotatable bonds is 8. The van der Waals surface area contributed by atoms with E-state index in [1.54, 1.807) is 0 Å². The van der Waals surface area contributed by atoms with Crippen LogP contribution in [0.2, 0.25) is 0 Å². The zero-order valence-electron chi connectivity index (χ0n) is 12.8. The number of hydrogen-bond acceptors (Lipinski definition) is 4. The molecule has 9 heteroatoms. The smallest absolute Gasteiger partial charge is 0.407 e. The quantitative estimate of drug-likeness (QED) is 0.516. The first-order valence-corrected chi connectivity index (χ1v) is 9.41. The molecule has 2 bridgehead atoms. The van der Waals surface area contributed by atoms with Crippen LogP contribution in [-0.4, -0.2) is 37.0 Å². The van der Waals surface area contributed by atoms with Gasteiger partial charge in [-0.2, -0.15) is 17.2 Å². The first-order chi connectivity index (χ1) is 10.7. The Labute approximate surface area is 134 Å². The summed E-state index contributed by atoms with van der Waals surface area (Å²) in [5.74, 6) is 1.27. The van der Waals surface area contributed by atoms with E-state index in [0.717, 1.165) is 18.8 Å². The van der Waals surface area contributed by atoms with E-state index in [0.29, 0.717) is 12.3 Å². The van der Waals surface area contributed by atoms with Crippen LogP contribution in [0, 0.1) is 11.8 Å². The van der Waals surface area contributed by atoms with Gasteiger partial charge in [0.15, 0.2) is 0 Å². The Morgan fingerprint density at radius 3 is 2.52 bits per heavy atom. The molecule has 134 valence electrons. The zero-order valence-corrected chi connectivity index (χ0v) is 13.7. The van der Waals surface area contributed by atoms with Gasteiger partial charge in [0.1, 0.15) is 0 Å². The zero-order chi connectivity index (χ0) is 17.1. The number of halogens is 2. The molecule has 3 unspecified atom stereocenters. The predicted octanol–water partition coefficient (Wildman–Crippen LogP) is 2.94. The molecule has 2 rings (SSSR count). The monoisotopic (exact) mass is 355 g/mol. The first kappa shape index (κ1) is 18.4. The molecular formula is C14H23F2NO5S. The van der Waals surface area contributed by atoms with E-state index in [2.05, 4.69) is 5.32 Å². The highest BCUT2D eigenvalue weighted by molar-refractivity contribution is 7.86. The molecule has 2 aliphatic carbocycles. The summed E-state index contributed by atoms with van der Waals surface area (Å²) in [4.78, 5) is 11.6. The lowest BCUT2D eigenvalue weighted by atomic mass is 9.96. The van der Waals surface area contributed by atoms with Crippen LogP contribution in [0.4, 0.5) is 13.6 Å². The average Bonchev–Trinajstić information content (AvgIpc) is 3.03. The molecule has 0 radical (unpaired) electrons.